The summed E-state index contributed by atoms with van der Waals surface area (Å²) in [5.74, 6) is 1.24. The molecule has 0 amide bonds. The Morgan fingerprint density at radius 2 is 2.36 bits per heavy atom. The van der Waals surface area contributed by atoms with Crippen LogP contribution in [-0.2, 0) is 17.9 Å². The van der Waals surface area contributed by atoms with Crippen LogP contribution in [0.1, 0.15) is 41.5 Å². The molecule has 1 fully saturated rings. The number of rotatable bonds is 5. The Bertz CT molecular complexity index is 612. The molecule has 0 bridgehead atoms. The van der Waals surface area contributed by atoms with Gasteiger partial charge in [-0.1, -0.05) is 0 Å². The Balaban J connectivity index is 1.67. The zero-order valence-electron chi connectivity index (χ0n) is 13.2. The third-order valence-electron chi connectivity index (χ3n) is 4.25. The zero-order valence-corrected chi connectivity index (χ0v) is 13.2. The van der Waals surface area contributed by atoms with Gasteiger partial charge in [-0.05, 0) is 32.4 Å². The number of aryl methyl sites for hydroxylation is 1. The van der Waals surface area contributed by atoms with Crippen molar-refractivity contribution in [3.63, 3.8) is 0 Å². The second-order valence-corrected chi connectivity index (χ2v) is 5.93. The lowest BCUT2D eigenvalue weighted by Gasteiger charge is -2.32. The summed E-state index contributed by atoms with van der Waals surface area (Å²) in [5.41, 5.74) is 3.57. The highest BCUT2D eigenvalue weighted by molar-refractivity contribution is 5.15. The lowest BCUT2D eigenvalue weighted by atomic mass is 9.94. The van der Waals surface area contributed by atoms with E-state index in [0.717, 1.165) is 36.8 Å². The van der Waals surface area contributed by atoms with Crippen LogP contribution < -0.4 is 0 Å². The van der Waals surface area contributed by atoms with Gasteiger partial charge in [-0.3, -0.25) is 10.00 Å². The average molecular weight is 301 g/mol. The second-order valence-electron chi connectivity index (χ2n) is 5.93. The summed E-state index contributed by atoms with van der Waals surface area (Å²) < 4.78 is 5.13. The van der Waals surface area contributed by atoms with Crippen molar-refractivity contribution in [2.75, 3.05) is 20.2 Å². The van der Waals surface area contributed by atoms with Crippen molar-refractivity contribution in [3.05, 3.63) is 41.2 Å². The smallest absolute Gasteiger partial charge is 0.154 e. The standard InChI is InChI=1S/C16H23N5O/c1-12-14(8-18-20-12)10-21-7-3-4-13(9-21)15-5-6-17-16(19-15)11-22-2/h5-6,8,13H,3-4,7,9-11H2,1-2H3,(H,18,20). The highest BCUT2D eigenvalue weighted by atomic mass is 16.5. The van der Waals surface area contributed by atoms with Gasteiger partial charge in [0.05, 0.1) is 6.20 Å². The summed E-state index contributed by atoms with van der Waals surface area (Å²) in [6.07, 6.45) is 6.16. The van der Waals surface area contributed by atoms with E-state index >= 15 is 0 Å². The van der Waals surface area contributed by atoms with E-state index in [9.17, 15) is 0 Å². The van der Waals surface area contributed by atoms with Crippen LogP contribution in [0.25, 0.3) is 0 Å². The second kappa shape index (κ2) is 6.98. The van der Waals surface area contributed by atoms with E-state index in [1.165, 1.54) is 18.4 Å². The van der Waals surface area contributed by atoms with Crippen LogP contribution in [0.4, 0.5) is 0 Å². The van der Waals surface area contributed by atoms with Crippen LogP contribution in [0.2, 0.25) is 0 Å². The van der Waals surface area contributed by atoms with E-state index in [0.29, 0.717) is 12.5 Å². The number of aromatic amines is 1. The maximum Gasteiger partial charge on any atom is 0.154 e. The van der Waals surface area contributed by atoms with E-state index in [1.54, 1.807) is 7.11 Å². The molecule has 6 heteroatoms. The summed E-state index contributed by atoms with van der Waals surface area (Å²) in [7, 11) is 1.67. The lowest BCUT2D eigenvalue weighted by Crippen LogP contribution is -2.34. The molecular formula is C16H23N5O. The minimum absolute atomic E-state index is 0.471. The molecule has 1 unspecified atom stereocenters. The van der Waals surface area contributed by atoms with Gasteiger partial charge in [0.2, 0.25) is 0 Å². The van der Waals surface area contributed by atoms with E-state index in [2.05, 4.69) is 32.0 Å². The molecule has 0 aliphatic carbocycles. The van der Waals surface area contributed by atoms with E-state index in [4.69, 9.17) is 4.74 Å². The molecule has 1 aliphatic rings. The first kappa shape index (κ1) is 15.1. The van der Waals surface area contributed by atoms with Crippen LogP contribution in [0.15, 0.2) is 18.5 Å². The van der Waals surface area contributed by atoms with Gasteiger partial charge in [0.1, 0.15) is 6.61 Å². The Morgan fingerprint density at radius 3 is 3.14 bits per heavy atom. The molecule has 1 aliphatic heterocycles. The Kier molecular flexibility index (Phi) is 4.80. The van der Waals surface area contributed by atoms with Crippen molar-refractivity contribution in [2.24, 2.45) is 0 Å². The number of piperidine rings is 1. The SMILES string of the molecule is COCc1nccc(C2CCCN(Cc3cn[nH]c3C)C2)n1. The molecule has 3 rings (SSSR count). The highest BCUT2D eigenvalue weighted by Gasteiger charge is 2.23. The molecule has 1 atom stereocenters. The molecule has 2 aromatic heterocycles. The minimum atomic E-state index is 0.471. The molecule has 1 saturated heterocycles. The number of H-pyrrole nitrogens is 1. The van der Waals surface area contributed by atoms with Crippen LogP contribution in [0.5, 0.6) is 0 Å². The number of nitrogens with zero attached hydrogens (tertiary/aromatic N) is 4. The van der Waals surface area contributed by atoms with Gasteiger partial charge in [0.15, 0.2) is 5.82 Å². The fourth-order valence-corrected chi connectivity index (χ4v) is 3.06. The number of nitrogens with one attached hydrogen (secondary N) is 1. The van der Waals surface area contributed by atoms with Crippen LogP contribution in [0.3, 0.4) is 0 Å². The first-order valence-corrected chi connectivity index (χ1v) is 7.78. The molecule has 0 spiro atoms. The minimum Gasteiger partial charge on any atom is -0.377 e. The maximum absolute atomic E-state index is 5.13. The van der Waals surface area contributed by atoms with Crippen molar-refractivity contribution < 1.29 is 4.74 Å². The Labute approximate surface area is 130 Å². The van der Waals surface area contributed by atoms with Gasteiger partial charge in [0, 0.05) is 49.3 Å². The molecule has 1 N–H and O–H groups in total. The number of ether oxygens (including phenoxy) is 1. The van der Waals surface area contributed by atoms with E-state index < -0.39 is 0 Å². The number of hydrogen-bond donors (Lipinski definition) is 1. The van der Waals surface area contributed by atoms with Crippen molar-refractivity contribution in [3.8, 4) is 0 Å². The molecule has 22 heavy (non-hydrogen) atoms. The average Bonchev–Trinajstić information content (AvgIpc) is 2.93. The number of aromatic nitrogens is 4. The van der Waals surface area contributed by atoms with Crippen molar-refractivity contribution >= 4 is 0 Å². The summed E-state index contributed by atoms with van der Waals surface area (Å²) in [5, 5.41) is 7.12. The van der Waals surface area contributed by atoms with Crippen LogP contribution in [0, 0.1) is 6.92 Å². The maximum atomic E-state index is 5.13. The van der Waals surface area contributed by atoms with E-state index in [1.807, 2.05) is 18.5 Å². The molecular weight excluding hydrogens is 278 g/mol. The van der Waals surface area contributed by atoms with Gasteiger partial charge in [-0.2, -0.15) is 5.10 Å². The number of hydrogen-bond acceptors (Lipinski definition) is 5. The molecule has 0 saturated carbocycles. The van der Waals surface area contributed by atoms with Crippen LogP contribution >= 0.6 is 0 Å². The molecule has 3 heterocycles. The summed E-state index contributed by atoms with van der Waals surface area (Å²) >= 11 is 0. The summed E-state index contributed by atoms with van der Waals surface area (Å²) in [4.78, 5) is 11.4. The number of methoxy groups -OCH3 is 1. The van der Waals surface area contributed by atoms with Crippen molar-refractivity contribution in [2.45, 2.75) is 38.8 Å². The molecule has 2 aromatic rings. The van der Waals surface area contributed by atoms with E-state index in [-0.39, 0.29) is 0 Å². The molecule has 6 nitrogen and oxygen atoms in total. The van der Waals surface area contributed by atoms with Gasteiger partial charge in [0.25, 0.3) is 0 Å². The van der Waals surface area contributed by atoms with Gasteiger partial charge in [-0.15, -0.1) is 0 Å². The summed E-state index contributed by atoms with van der Waals surface area (Å²) in [6.45, 7) is 5.67. The number of likely N-dealkylation sites (tertiary alicyclic amines) is 1. The first-order chi connectivity index (χ1) is 10.8. The Hall–Kier alpha value is -1.79. The lowest BCUT2D eigenvalue weighted by molar-refractivity contribution is 0.176. The predicted molar refractivity (Wildman–Crippen MR) is 83.3 cm³/mol. The first-order valence-electron chi connectivity index (χ1n) is 7.78. The fourth-order valence-electron chi connectivity index (χ4n) is 3.06. The highest BCUT2D eigenvalue weighted by Crippen LogP contribution is 2.26. The largest absolute Gasteiger partial charge is 0.377 e. The quantitative estimate of drug-likeness (QED) is 0.915. The summed E-state index contributed by atoms with van der Waals surface area (Å²) in [6, 6.07) is 2.04. The Morgan fingerprint density at radius 1 is 1.45 bits per heavy atom. The van der Waals surface area contributed by atoms with Gasteiger partial charge >= 0.3 is 0 Å². The van der Waals surface area contributed by atoms with Gasteiger partial charge in [-0.25, -0.2) is 9.97 Å². The zero-order chi connectivity index (χ0) is 15.4. The third-order valence-corrected chi connectivity index (χ3v) is 4.25. The molecule has 118 valence electrons. The van der Waals surface area contributed by atoms with Crippen molar-refractivity contribution in [1.82, 2.24) is 25.1 Å². The van der Waals surface area contributed by atoms with Crippen molar-refractivity contribution in [1.29, 1.82) is 0 Å². The third kappa shape index (κ3) is 3.51. The molecule has 0 aromatic carbocycles. The monoisotopic (exact) mass is 301 g/mol. The van der Waals surface area contributed by atoms with Gasteiger partial charge < -0.3 is 4.74 Å². The topological polar surface area (TPSA) is 66.9 Å². The predicted octanol–water partition coefficient (Wildman–Crippen LogP) is 2.03. The van der Waals surface area contributed by atoms with Crippen LogP contribution in [-0.4, -0.2) is 45.3 Å². The normalized spacial score (nSPS) is 19.5. The fraction of sp³-hybridized carbons (Fsp3) is 0.562. The molecule has 0 radical (unpaired) electrons.